The molecule has 0 unspecified atom stereocenters. The van der Waals surface area contributed by atoms with Gasteiger partial charge < -0.3 is 20.2 Å². The minimum atomic E-state index is -0.186. The highest BCUT2D eigenvalue weighted by Crippen LogP contribution is 2.17. The number of hydrogen-bond donors (Lipinski definition) is 2. The highest BCUT2D eigenvalue weighted by molar-refractivity contribution is 5.74. The molecule has 6 nitrogen and oxygen atoms in total. The van der Waals surface area contributed by atoms with E-state index in [1.54, 1.807) is 4.90 Å². The number of aliphatic hydroxyl groups is 1. The Hall–Kier alpha value is -2.60. The summed E-state index contributed by atoms with van der Waals surface area (Å²) in [4.78, 5) is 21.1. The molecule has 1 aliphatic heterocycles. The molecule has 1 saturated heterocycles. The summed E-state index contributed by atoms with van der Waals surface area (Å²) in [6, 6.07) is 13.7. The number of hydrogen-bond acceptors (Lipinski definition) is 4. The van der Waals surface area contributed by atoms with Crippen molar-refractivity contribution in [1.82, 2.24) is 15.2 Å². The molecule has 3 rings (SSSR count). The molecular weight excluding hydrogens is 352 g/mol. The summed E-state index contributed by atoms with van der Waals surface area (Å²) in [5.74, 6) is 1.02. The van der Waals surface area contributed by atoms with Crippen molar-refractivity contribution < 1.29 is 9.90 Å². The fourth-order valence-corrected chi connectivity index (χ4v) is 3.47. The van der Waals surface area contributed by atoms with Crippen LogP contribution in [-0.4, -0.2) is 47.3 Å². The van der Waals surface area contributed by atoms with Crippen LogP contribution in [0.1, 0.15) is 36.8 Å². The Morgan fingerprint density at radius 1 is 1.04 bits per heavy atom. The van der Waals surface area contributed by atoms with E-state index in [-0.39, 0.29) is 12.6 Å². The lowest BCUT2D eigenvalue weighted by atomic mass is 10.2. The minimum absolute atomic E-state index is 0.0632. The number of anilines is 1. The molecule has 0 saturated carbocycles. The Labute approximate surface area is 167 Å². The molecule has 0 bridgehead atoms. The average molecular weight is 383 g/mol. The first-order valence-electron chi connectivity index (χ1n) is 10.1. The van der Waals surface area contributed by atoms with Crippen LogP contribution in [0.25, 0.3) is 0 Å². The van der Waals surface area contributed by atoms with Gasteiger partial charge in [-0.05, 0) is 30.0 Å². The highest BCUT2D eigenvalue weighted by atomic mass is 16.3. The molecule has 2 N–H and O–H groups in total. The van der Waals surface area contributed by atoms with Crippen LogP contribution >= 0.6 is 0 Å². The van der Waals surface area contributed by atoms with Gasteiger partial charge in [0.2, 0.25) is 0 Å². The molecule has 0 atom stereocenters. The number of carbonyl (C=O) groups excluding carboxylic acids is 1. The molecule has 0 aliphatic carbocycles. The fourth-order valence-electron chi connectivity index (χ4n) is 3.47. The first-order chi connectivity index (χ1) is 13.8. The van der Waals surface area contributed by atoms with Crippen molar-refractivity contribution in [3.05, 3.63) is 59.8 Å². The smallest absolute Gasteiger partial charge is 0.318 e. The predicted octanol–water partition coefficient (Wildman–Crippen LogP) is 3.17. The van der Waals surface area contributed by atoms with Crippen molar-refractivity contribution >= 4 is 11.8 Å². The van der Waals surface area contributed by atoms with Gasteiger partial charge in [-0.2, -0.15) is 0 Å². The number of benzene rings is 1. The molecule has 6 heteroatoms. The van der Waals surface area contributed by atoms with Crippen molar-refractivity contribution in [2.45, 2.75) is 38.8 Å². The first-order valence-corrected chi connectivity index (χ1v) is 10.1. The second-order valence-corrected chi connectivity index (χ2v) is 7.22. The van der Waals surface area contributed by atoms with Crippen molar-refractivity contribution in [2.24, 2.45) is 0 Å². The van der Waals surface area contributed by atoms with E-state index in [0.717, 1.165) is 30.0 Å². The number of aliphatic hydroxyl groups excluding tert-OH is 1. The average Bonchev–Trinajstić information content (AvgIpc) is 3.02. The van der Waals surface area contributed by atoms with Crippen molar-refractivity contribution in [1.29, 1.82) is 0 Å². The lowest BCUT2D eigenvalue weighted by molar-refractivity contribution is 0.173. The van der Waals surface area contributed by atoms with E-state index in [0.29, 0.717) is 19.6 Å². The van der Waals surface area contributed by atoms with Gasteiger partial charge in [-0.15, -0.1) is 0 Å². The van der Waals surface area contributed by atoms with Crippen molar-refractivity contribution in [2.75, 3.05) is 31.1 Å². The van der Waals surface area contributed by atoms with Crippen LogP contribution in [0.4, 0.5) is 10.6 Å². The van der Waals surface area contributed by atoms with Gasteiger partial charge >= 0.3 is 6.03 Å². The van der Waals surface area contributed by atoms with Crippen LogP contribution in [0.5, 0.6) is 0 Å². The van der Waals surface area contributed by atoms with E-state index >= 15 is 0 Å². The fraction of sp³-hybridized carbons (Fsp3) is 0.455. The topological polar surface area (TPSA) is 68.7 Å². The number of pyridine rings is 1. The molecule has 1 fully saturated rings. The molecular formula is C22H30N4O2. The molecule has 28 heavy (non-hydrogen) atoms. The van der Waals surface area contributed by atoms with Crippen LogP contribution in [-0.2, 0) is 13.1 Å². The molecule has 1 aromatic carbocycles. The largest absolute Gasteiger partial charge is 0.395 e. The molecule has 2 aromatic rings. The van der Waals surface area contributed by atoms with E-state index in [1.807, 2.05) is 48.7 Å². The summed E-state index contributed by atoms with van der Waals surface area (Å²) >= 11 is 0. The molecule has 1 aromatic heterocycles. The predicted molar refractivity (Wildman–Crippen MR) is 111 cm³/mol. The molecule has 0 spiro atoms. The Balaban J connectivity index is 1.53. The van der Waals surface area contributed by atoms with Gasteiger partial charge in [-0.3, -0.25) is 0 Å². The Morgan fingerprint density at radius 2 is 1.79 bits per heavy atom. The lowest BCUT2D eigenvalue weighted by Crippen LogP contribution is -2.40. The van der Waals surface area contributed by atoms with E-state index < -0.39 is 0 Å². The Kier molecular flexibility index (Phi) is 7.67. The second-order valence-electron chi connectivity index (χ2n) is 7.22. The van der Waals surface area contributed by atoms with Gasteiger partial charge in [0, 0.05) is 38.9 Å². The summed E-state index contributed by atoms with van der Waals surface area (Å²) in [6.45, 7) is 3.26. The van der Waals surface area contributed by atoms with Gasteiger partial charge in [0.25, 0.3) is 0 Å². The molecule has 150 valence electrons. The number of urea groups is 1. The van der Waals surface area contributed by atoms with Crippen molar-refractivity contribution in [3.8, 4) is 0 Å². The number of nitrogens with one attached hydrogen (secondary N) is 1. The zero-order chi connectivity index (χ0) is 19.6. The van der Waals surface area contributed by atoms with Crippen LogP contribution in [0.15, 0.2) is 48.7 Å². The van der Waals surface area contributed by atoms with Crippen LogP contribution in [0.3, 0.4) is 0 Å². The van der Waals surface area contributed by atoms with E-state index in [2.05, 4.69) is 15.2 Å². The van der Waals surface area contributed by atoms with Gasteiger partial charge in [0.15, 0.2) is 0 Å². The minimum Gasteiger partial charge on any atom is -0.395 e. The van der Waals surface area contributed by atoms with E-state index in [1.165, 1.54) is 25.7 Å². The summed E-state index contributed by atoms with van der Waals surface area (Å²) < 4.78 is 0. The third kappa shape index (κ3) is 5.96. The molecule has 0 radical (unpaired) electrons. The van der Waals surface area contributed by atoms with Crippen LogP contribution in [0.2, 0.25) is 0 Å². The number of amides is 2. The first kappa shape index (κ1) is 20.1. The third-order valence-electron chi connectivity index (χ3n) is 5.06. The molecule has 2 amide bonds. The van der Waals surface area contributed by atoms with Gasteiger partial charge in [0.1, 0.15) is 5.82 Å². The van der Waals surface area contributed by atoms with Crippen LogP contribution in [0, 0.1) is 0 Å². The van der Waals surface area contributed by atoms with E-state index in [9.17, 15) is 9.90 Å². The standard InChI is InChI=1S/C22H30N4O2/c27-15-14-26(18-19-8-4-3-5-9-19)22(28)24-17-20-10-11-21(23-16-20)25-12-6-1-2-7-13-25/h3-5,8-11,16,27H,1-2,6-7,12-15,17-18H2,(H,24,28). The SMILES string of the molecule is O=C(NCc1ccc(N2CCCCCC2)nc1)N(CCO)Cc1ccccc1. The zero-order valence-corrected chi connectivity index (χ0v) is 16.4. The van der Waals surface area contributed by atoms with Gasteiger partial charge in [-0.25, -0.2) is 9.78 Å². The Bertz CT molecular complexity index is 713. The maximum atomic E-state index is 12.5. The number of nitrogens with zero attached hydrogens (tertiary/aromatic N) is 3. The van der Waals surface area contributed by atoms with Crippen LogP contribution < -0.4 is 10.2 Å². The zero-order valence-electron chi connectivity index (χ0n) is 16.4. The molecule has 2 heterocycles. The summed E-state index contributed by atoms with van der Waals surface area (Å²) in [6.07, 6.45) is 6.89. The highest BCUT2D eigenvalue weighted by Gasteiger charge is 2.14. The quantitative estimate of drug-likeness (QED) is 0.772. The normalized spacial score (nSPS) is 14.4. The maximum absolute atomic E-state index is 12.5. The van der Waals surface area contributed by atoms with Gasteiger partial charge in [0.05, 0.1) is 6.61 Å². The lowest BCUT2D eigenvalue weighted by Gasteiger charge is -2.23. The summed E-state index contributed by atoms with van der Waals surface area (Å²) in [5.41, 5.74) is 2.00. The summed E-state index contributed by atoms with van der Waals surface area (Å²) in [7, 11) is 0. The molecule has 1 aliphatic rings. The summed E-state index contributed by atoms with van der Waals surface area (Å²) in [5, 5.41) is 12.2. The van der Waals surface area contributed by atoms with Crippen molar-refractivity contribution in [3.63, 3.8) is 0 Å². The Morgan fingerprint density at radius 3 is 2.43 bits per heavy atom. The number of carbonyl (C=O) groups is 1. The monoisotopic (exact) mass is 382 g/mol. The van der Waals surface area contributed by atoms with Gasteiger partial charge in [-0.1, -0.05) is 49.2 Å². The third-order valence-corrected chi connectivity index (χ3v) is 5.06. The van der Waals surface area contributed by atoms with E-state index in [4.69, 9.17) is 0 Å². The number of rotatable bonds is 7. The maximum Gasteiger partial charge on any atom is 0.318 e. The number of aromatic nitrogens is 1. The second kappa shape index (κ2) is 10.7.